The highest BCUT2D eigenvalue weighted by molar-refractivity contribution is 14.1. The number of aliphatic carboxylic acids is 1. The number of hydrogen-bond acceptors (Lipinski definition) is 4. The molecule has 8 heteroatoms. The van der Waals surface area contributed by atoms with Gasteiger partial charge in [0, 0.05) is 0 Å². The lowest BCUT2D eigenvalue weighted by Gasteiger charge is -2.24. The molecule has 122 valence electrons. The Labute approximate surface area is 174 Å². The van der Waals surface area contributed by atoms with Gasteiger partial charge in [0.05, 0.1) is 7.49 Å². The zero-order chi connectivity index (χ0) is 17.2. The maximum Gasteiger partial charge on any atom is 0.335 e. The molecule has 0 saturated heterocycles. The highest BCUT2D eigenvalue weighted by Gasteiger charge is 2.39. The van der Waals surface area contributed by atoms with Crippen LogP contribution in [-0.2, 0) is 4.79 Å². The van der Waals surface area contributed by atoms with E-state index in [9.17, 15) is 15.0 Å². The summed E-state index contributed by atoms with van der Waals surface area (Å²) >= 11 is 5.79. The van der Waals surface area contributed by atoms with E-state index in [-0.39, 0.29) is 9.67 Å². The van der Waals surface area contributed by atoms with E-state index in [1.54, 1.807) is 65.1 Å². The van der Waals surface area contributed by atoms with Gasteiger partial charge in [0.2, 0.25) is 0 Å². The van der Waals surface area contributed by atoms with Crippen molar-refractivity contribution >= 4 is 73.7 Å². The van der Waals surface area contributed by atoms with Gasteiger partial charge >= 0.3 is 5.97 Å². The smallest absolute Gasteiger partial charge is 0.335 e. The van der Waals surface area contributed by atoms with E-state index in [0.717, 1.165) is 5.56 Å². The molecule has 23 heavy (non-hydrogen) atoms. The minimum absolute atomic E-state index is 0.205. The summed E-state index contributed by atoms with van der Waals surface area (Å²) in [6.07, 6.45) is 0. The number of carbonyl (C=O) groups is 1. The molecule has 0 unspecified atom stereocenters. The molecule has 0 radical (unpaired) electrons. The van der Waals surface area contributed by atoms with Crippen LogP contribution in [0.4, 0.5) is 0 Å². The zero-order valence-corrected chi connectivity index (χ0v) is 18.0. The van der Waals surface area contributed by atoms with E-state index in [1.165, 1.54) is 0 Å². The number of nitrogens with two attached hydrogens (primary N) is 1. The second-order valence-electron chi connectivity index (χ2n) is 4.72. The summed E-state index contributed by atoms with van der Waals surface area (Å²) in [6, 6.07) is 12.1. The number of phenols is 1. The van der Waals surface area contributed by atoms with E-state index in [0.29, 0.717) is 15.1 Å². The molecule has 0 aliphatic heterocycles. The van der Waals surface area contributed by atoms with Crippen LogP contribution in [0, 0.1) is 3.57 Å². The lowest BCUT2D eigenvalue weighted by molar-refractivity contribution is -0.139. The summed E-state index contributed by atoms with van der Waals surface area (Å²) in [6.45, 7) is 0. The molecule has 0 fully saturated rings. The molecular formula is C15H12I3NO4. The Hall–Kier alpha value is -0.340. The van der Waals surface area contributed by atoms with E-state index >= 15 is 0 Å². The molecule has 0 amide bonds. The van der Waals surface area contributed by atoms with Gasteiger partial charge in [-0.15, -0.1) is 0 Å². The van der Waals surface area contributed by atoms with Crippen molar-refractivity contribution in [1.29, 1.82) is 0 Å². The maximum absolute atomic E-state index is 11.2. The monoisotopic (exact) mass is 651 g/mol. The number of rotatable bonds is 5. The van der Waals surface area contributed by atoms with Gasteiger partial charge in [-0.05, 0) is 81.1 Å². The zero-order valence-electron chi connectivity index (χ0n) is 11.5. The highest BCUT2D eigenvalue weighted by Crippen LogP contribution is 2.39. The third-order valence-electron chi connectivity index (χ3n) is 3.02. The molecule has 0 heterocycles. The van der Waals surface area contributed by atoms with Gasteiger partial charge in [0.25, 0.3) is 0 Å². The van der Waals surface area contributed by atoms with E-state index in [1.807, 2.05) is 45.2 Å². The first-order chi connectivity index (χ1) is 10.7. The summed E-state index contributed by atoms with van der Waals surface area (Å²) in [5.41, 5.74) is 6.65. The van der Waals surface area contributed by atoms with Gasteiger partial charge in [0.1, 0.15) is 17.2 Å². The summed E-state index contributed by atoms with van der Waals surface area (Å²) in [4.78, 5) is 11.2. The van der Waals surface area contributed by atoms with Gasteiger partial charge in [0.15, 0.2) is 3.55 Å². The van der Waals surface area contributed by atoms with Crippen LogP contribution in [0.3, 0.4) is 0 Å². The SMILES string of the molecule is N[C@@](I)(C(=O)O)[C@H](I)c1ccc(Oc2ccc(O)c(I)c2)cc1. The van der Waals surface area contributed by atoms with Crippen LogP contribution in [-0.4, -0.2) is 19.7 Å². The first-order valence-corrected chi connectivity index (χ1v) is 9.73. The number of aromatic hydroxyl groups is 1. The Balaban J connectivity index is 2.16. The third kappa shape index (κ3) is 4.60. The van der Waals surface area contributed by atoms with Gasteiger partial charge in [-0.3, -0.25) is 0 Å². The minimum atomic E-state index is -1.38. The molecule has 0 aliphatic carbocycles. The summed E-state index contributed by atoms with van der Waals surface area (Å²) < 4.78 is 4.64. The quantitative estimate of drug-likeness (QED) is 0.253. The van der Waals surface area contributed by atoms with Crippen LogP contribution in [0.2, 0.25) is 0 Å². The maximum atomic E-state index is 11.2. The van der Waals surface area contributed by atoms with Crippen molar-refractivity contribution in [2.75, 3.05) is 0 Å². The molecule has 0 spiro atoms. The highest BCUT2D eigenvalue weighted by atomic mass is 127. The summed E-state index contributed by atoms with van der Waals surface area (Å²) in [5, 5.41) is 18.7. The number of carboxylic acid groups (broad SMARTS) is 1. The Morgan fingerprint density at radius 1 is 1.17 bits per heavy atom. The number of halogens is 3. The second-order valence-corrected chi connectivity index (χ2v) is 8.91. The fourth-order valence-electron chi connectivity index (χ4n) is 1.74. The molecule has 2 rings (SSSR count). The van der Waals surface area contributed by atoms with Gasteiger partial charge in [-0.1, -0.05) is 34.7 Å². The predicted octanol–water partition coefficient (Wildman–Crippen LogP) is 4.44. The molecule has 0 aromatic heterocycles. The average molecular weight is 651 g/mol. The number of phenolic OH excluding ortho intramolecular Hbond substituents is 1. The molecule has 0 saturated carbocycles. The van der Waals surface area contributed by atoms with Crippen molar-refractivity contribution in [3.63, 3.8) is 0 Å². The van der Waals surface area contributed by atoms with Crippen molar-refractivity contribution in [1.82, 2.24) is 0 Å². The van der Waals surface area contributed by atoms with Crippen LogP contribution in [0.15, 0.2) is 42.5 Å². The van der Waals surface area contributed by atoms with E-state index < -0.39 is 9.51 Å². The van der Waals surface area contributed by atoms with Crippen LogP contribution in [0.25, 0.3) is 0 Å². The minimum Gasteiger partial charge on any atom is -0.507 e. The van der Waals surface area contributed by atoms with Crippen molar-refractivity contribution in [3.05, 3.63) is 51.6 Å². The number of benzene rings is 2. The molecule has 2 aromatic rings. The Morgan fingerprint density at radius 2 is 1.74 bits per heavy atom. The van der Waals surface area contributed by atoms with Crippen LogP contribution >= 0.6 is 67.8 Å². The molecule has 2 atom stereocenters. The largest absolute Gasteiger partial charge is 0.507 e. The molecule has 2 aromatic carbocycles. The lowest BCUT2D eigenvalue weighted by atomic mass is 10.1. The fourth-order valence-corrected chi connectivity index (χ4v) is 3.27. The Bertz CT molecular complexity index is 719. The predicted molar refractivity (Wildman–Crippen MR) is 113 cm³/mol. The number of hydrogen-bond donors (Lipinski definition) is 3. The van der Waals surface area contributed by atoms with Crippen molar-refractivity contribution < 1.29 is 19.7 Å². The summed E-state index contributed by atoms with van der Waals surface area (Å²) in [5.74, 6) is 0.372. The van der Waals surface area contributed by atoms with Crippen LogP contribution in [0.1, 0.15) is 9.49 Å². The van der Waals surface area contributed by atoms with Crippen molar-refractivity contribution in [2.24, 2.45) is 5.73 Å². The molecule has 0 bridgehead atoms. The topological polar surface area (TPSA) is 92.8 Å². The average Bonchev–Trinajstić information content (AvgIpc) is 2.51. The third-order valence-corrected chi connectivity index (χ3v) is 7.87. The Kier molecular flexibility index (Phi) is 6.35. The molecular weight excluding hydrogens is 639 g/mol. The van der Waals surface area contributed by atoms with E-state index in [4.69, 9.17) is 10.5 Å². The molecule has 4 N–H and O–H groups in total. The van der Waals surface area contributed by atoms with Crippen LogP contribution < -0.4 is 10.5 Å². The van der Waals surface area contributed by atoms with Gasteiger partial charge in [-0.25, -0.2) is 4.79 Å². The first kappa shape index (κ1) is 19.0. The number of carboxylic acids is 1. The number of alkyl halides is 2. The van der Waals surface area contributed by atoms with Crippen molar-refractivity contribution in [2.45, 2.75) is 7.47 Å². The van der Waals surface area contributed by atoms with Crippen molar-refractivity contribution in [3.8, 4) is 17.2 Å². The summed E-state index contributed by atoms with van der Waals surface area (Å²) in [7, 11) is 0. The Morgan fingerprint density at radius 3 is 2.26 bits per heavy atom. The normalized spacial score (nSPS) is 14.8. The second kappa shape index (κ2) is 7.70. The van der Waals surface area contributed by atoms with E-state index in [2.05, 4.69) is 0 Å². The lowest BCUT2D eigenvalue weighted by Crippen LogP contribution is -2.44. The fraction of sp³-hybridized carbons (Fsp3) is 0.133. The molecule has 5 nitrogen and oxygen atoms in total. The standard InChI is InChI=1S/C15H12I3NO4/c16-11-7-10(5-6-12(11)20)23-9-3-1-8(2-4-9)13(17)15(18,19)14(21)22/h1-7,13,20H,19H2,(H,21,22)/t13-,15-/m1/s1. The molecule has 0 aliphatic rings. The van der Waals surface area contributed by atoms with Crippen LogP contribution in [0.5, 0.6) is 17.2 Å². The van der Waals surface area contributed by atoms with Gasteiger partial charge < -0.3 is 20.7 Å². The number of ether oxygens (including phenoxy) is 1. The van der Waals surface area contributed by atoms with Gasteiger partial charge in [-0.2, -0.15) is 0 Å². The first-order valence-electron chi connectivity index (χ1n) is 6.33.